The van der Waals surface area contributed by atoms with E-state index in [1.165, 1.54) is 13.2 Å². The standard InChI is InChI=1S/C15H15ClF3N7O/c1-3-25-6-9(4-20-25)7-26-8-10(5-21-26)22-14(27)12-11(16)13(15(17,18)19)23-24(12)2/h4-6,8H,3,7H2,1-2H3,(H,22,27). The average Bonchev–Trinajstić information content (AvgIpc) is 3.27. The second kappa shape index (κ2) is 7.06. The Labute approximate surface area is 156 Å². The molecule has 27 heavy (non-hydrogen) atoms. The summed E-state index contributed by atoms with van der Waals surface area (Å²) in [7, 11) is 1.21. The minimum absolute atomic E-state index is 0.314. The minimum atomic E-state index is -4.75. The highest BCUT2D eigenvalue weighted by atomic mass is 35.5. The summed E-state index contributed by atoms with van der Waals surface area (Å²) in [6, 6.07) is 0. The Hall–Kier alpha value is -2.82. The maximum Gasteiger partial charge on any atom is 0.436 e. The Bertz CT molecular complexity index is 973. The van der Waals surface area contributed by atoms with Gasteiger partial charge in [0.25, 0.3) is 5.91 Å². The molecule has 8 nitrogen and oxygen atoms in total. The molecule has 0 aliphatic rings. The monoisotopic (exact) mass is 401 g/mol. The van der Waals surface area contributed by atoms with Crippen molar-refractivity contribution in [3.63, 3.8) is 0 Å². The van der Waals surface area contributed by atoms with Gasteiger partial charge in [-0.1, -0.05) is 11.6 Å². The molecule has 0 atom stereocenters. The molecule has 12 heteroatoms. The Morgan fingerprint density at radius 3 is 2.52 bits per heavy atom. The smallest absolute Gasteiger partial charge is 0.318 e. The van der Waals surface area contributed by atoms with Crippen LogP contribution in [0.1, 0.15) is 28.7 Å². The van der Waals surface area contributed by atoms with Crippen LogP contribution in [0.15, 0.2) is 24.8 Å². The number of hydrogen-bond acceptors (Lipinski definition) is 4. The van der Waals surface area contributed by atoms with Gasteiger partial charge in [0, 0.05) is 31.5 Å². The lowest BCUT2D eigenvalue weighted by Gasteiger charge is -2.04. The summed E-state index contributed by atoms with van der Waals surface area (Å²) in [5.74, 6) is -0.816. The number of amides is 1. The predicted octanol–water partition coefficient (Wildman–Crippen LogP) is 2.81. The van der Waals surface area contributed by atoms with E-state index >= 15 is 0 Å². The zero-order chi connectivity index (χ0) is 19.8. The lowest BCUT2D eigenvalue weighted by Crippen LogP contribution is -2.16. The number of rotatable bonds is 5. The summed E-state index contributed by atoms with van der Waals surface area (Å²) in [6.07, 6.45) is 1.76. The number of anilines is 1. The molecule has 0 bridgehead atoms. The maximum atomic E-state index is 12.9. The van der Waals surface area contributed by atoms with Crippen molar-refractivity contribution in [3.8, 4) is 0 Å². The van der Waals surface area contributed by atoms with Crippen molar-refractivity contribution in [2.75, 3.05) is 5.32 Å². The van der Waals surface area contributed by atoms with Gasteiger partial charge < -0.3 is 5.32 Å². The van der Waals surface area contributed by atoms with Gasteiger partial charge in [-0.15, -0.1) is 0 Å². The van der Waals surface area contributed by atoms with Crippen molar-refractivity contribution in [2.24, 2.45) is 7.05 Å². The maximum absolute atomic E-state index is 12.9. The molecule has 1 amide bonds. The van der Waals surface area contributed by atoms with Gasteiger partial charge in [-0.25, -0.2) is 0 Å². The third kappa shape index (κ3) is 3.97. The van der Waals surface area contributed by atoms with Crippen LogP contribution in [0.5, 0.6) is 0 Å². The average molecular weight is 402 g/mol. The van der Waals surface area contributed by atoms with Crippen molar-refractivity contribution < 1.29 is 18.0 Å². The Balaban J connectivity index is 1.74. The molecule has 0 saturated heterocycles. The first-order valence-corrected chi connectivity index (χ1v) is 8.21. The molecule has 0 aliphatic carbocycles. The summed E-state index contributed by atoms with van der Waals surface area (Å²) < 4.78 is 42.7. The van der Waals surface area contributed by atoms with Gasteiger partial charge in [-0.05, 0) is 6.92 Å². The quantitative estimate of drug-likeness (QED) is 0.712. The van der Waals surface area contributed by atoms with Crippen LogP contribution in [0, 0.1) is 0 Å². The zero-order valence-corrected chi connectivity index (χ0v) is 15.1. The number of nitrogens with one attached hydrogen (secondary N) is 1. The van der Waals surface area contributed by atoms with Crippen LogP contribution in [0.2, 0.25) is 5.02 Å². The number of nitrogens with zero attached hydrogens (tertiary/aromatic N) is 6. The van der Waals surface area contributed by atoms with E-state index in [4.69, 9.17) is 11.6 Å². The number of carbonyl (C=O) groups is 1. The number of alkyl halides is 3. The van der Waals surface area contributed by atoms with E-state index in [0.29, 0.717) is 12.2 Å². The van der Waals surface area contributed by atoms with E-state index in [9.17, 15) is 18.0 Å². The number of aromatic nitrogens is 6. The molecule has 3 aromatic rings. The second-order valence-electron chi connectivity index (χ2n) is 5.72. The molecule has 0 fully saturated rings. The first-order chi connectivity index (χ1) is 12.7. The highest BCUT2D eigenvalue weighted by Gasteiger charge is 2.39. The van der Waals surface area contributed by atoms with Crippen molar-refractivity contribution in [3.05, 3.63) is 46.8 Å². The van der Waals surface area contributed by atoms with Gasteiger partial charge in [-0.2, -0.15) is 28.5 Å². The van der Waals surface area contributed by atoms with Crippen molar-refractivity contribution >= 4 is 23.2 Å². The third-order valence-corrected chi connectivity index (χ3v) is 4.08. The van der Waals surface area contributed by atoms with Gasteiger partial charge in [0.05, 0.1) is 24.6 Å². The molecule has 0 saturated carbocycles. The topological polar surface area (TPSA) is 82.6 Å². The van der Waals surface area contributed by atoms with E-state index in [2.05, 4.69) is 20.6 Å². The highest BCUT2D eigenvalue weighted by Crippen LogP contribution is 2.35. The number of carbonyl (C=O) groups excluding carboxylic acids is 1. The summed E-state index contributed by atoms with van der Waals surface area (Å²) in [5.41, 5.74) is -0.461. The van der Waals surface area contributed by atoms with Gasteiger partial charge in [-0.3, -0.25) is 18.8 Å². The van der Waals surface area contributed by atoms with Gasteiger partial charge >= 0.3 is 6.18 Å². The molecule has 3 aromatic heterocycles. The zero-order valence-electron chi connectivity index (χ0n) is 14.3. The second-order valence-corrected chi connectivity index (χ2v) is 6.10. The normalized spacial score (nSPS) is 11.8. The molecule has 3 heterocycles. The molecule has 144 valence electrons. The fourth-order valence-electron chi connectivity index (χ4n) is 2.48. The van der Waals surface area contributed by atoms with Crippen LogP contribution in [-0.2, 0) is 26.3 Å². The Kier molecular flexibility index (Phi) is 4.96. The van der Waals surface area contributed by atoms with Crippen LogP contribution < -0.4 is 5.32 Å². The number of aryl methyl sites for hydroxylation is 2. The van der Waals surface area contributed by atoms with Crippen molar-refractivity contribution in [1.29, 1.82) is 0 Å². The Morgan fingerprint density at radius 1 is 1.22 bits per heavy atom. The molecule has 3 rings (SSSR count). The van der Waals surface area contributed by atoms with Crippen LogP contribution in [-0.4, -0.2) is 35.2 Å². The molecule has 0 unspecified atom stereocenters. The van der Waals surface area contributed by atoms with Crippen LogP contribution in [0.4, 0.5) is 18.9 Å². The number of halogens is 4. The van der Waals surface area contributed by atoms with Crippen LogP contribution >= 0.6 is 11.6 Å². The van der Waals surface area contributed by atoms with Gasteiger partial charge in [0.1, 0.15) is 10.7 Å². The molecular weight excluding hydrogens is 387 g/mol. The minimum Gasteiger partial charge on any atom is -0.318 e. The summed E-state index contributed by atoms with van der Waals surface area (Å²) in [5, 5.41) is 13.3. The molecule has 0 aliphatic heterocycles. The lowest BCUT2D eigenvalue weighted by atomic mass is 10.3. The lowest BCUT2D eigenvalue weighted by molar-refractivity contribution is -0.141. The van der Waals surface area contributed by atoms with E-state index in [1.807, 2.05) is 13.1 Å². The summed E-state index contributed by atoms with van der Waals surface area (Å²) in [4.78, 5) is 12.3. The Morgan fingerprint density at radius 2 is 1.93 bits per heavy atom. The summed E-state index contributed by atoms with van der Waals surface area (Å²) >= 11 is 5.71. The van der Waals surface area contributed by atoms with Crippen LogP contribution in [0.3, 0.4) is 0 Å². The summed E-state index contributed by atoms with van der Waals surface area (Å²) in [6.45, 7) is 3.14. The fourth-order valence-corrected chi connectivity index (χ4v) is 2.83. The van der Waals surface area contributed by atoms with E-state index in [-0.39, 0.29) is 5.69 Å². The first-order valence-electron chi connectivity index (χ1n) is 7.84. The van der Waals surface area contributed by atoms with E-state index in [0.717, 1.165) is 16.8 Å². The fraction of sp³-hybridized carbons (Fsp3) is 0.333. The first kappa shape index (κ1) is 19.0. The number of hydrogen-bond donors (Lipinski definition) is 1. The SMILES string of the molecule is CCn1cc(Cn2cc(NC(=O)c3c(Cl)c(C(F)(F)F)nn3C)cn2)cn1. The predicted molar refractivity (Wildman–Crippen MR) is 90.4 cm³/mol. The van der Waals surface area contributed by atoms with Gasteiger partial charge in [0.15, 0.2) is 5.69 Å². The van der Waals surface area contributed by atoms with Crippen molar-refractivity contribution in [2.45, 2.75) is 26.2 Å². The highest BCUT2D eigenvalue weighted by molar-refractivity contribution is 6.34. The van der Waals surface area contributed by atoms with Crippen LogP contribution in [0.25, 0.3) is 0 Å². The third-order valence-electron chi connectivity index (χ3n) is 3.72. The largest absolute Gasteiger partial charge is 0.436 e. The van der Waals surface area contributed by atoms with Crippen molar-refractivity contribution in [1.82, 2.24) is 29.3 Å². The van der Waals surface area contributed by atoms with E-state index < -0.39 is 22.8 Å². The van der Waals surface area contributed by atoms with Gasteiger partial charge in [0.2, 0.25) is 0 Å². The molecule has 0 aromatic carbocycles. The molecule has 1 N–H and O–H groups in total. The molecular formula is C15H15ClF3N7O. The van der Waals surface area contributed by atoms with E-state index in [1.54, 1.807) is 21.8 Å². The molecule has 0 spiro atoms. The molecule has 0 radical (unpaired) electrons.